The fourth-order valence-electron chi connectivity index (χ4n) is 3.30. The lowest BCUT2D eigenvalue weighted by atomic mass is 10.0. The van der Waals surface area contributed by atoms with Gasteiger partial charge in [-0.3, -0.25) is 9.10 Å². The molecule has 0 bridgehead atoms. The number of nitrogens with one attached hydrogen (secondary N) is 1. The molecule has 2 aromatic carbocycles. The minimum absolute atomic E-state index is 0.0513. The number of ether oxygens (including phenoxy) is 1. The van der Waals surface area contributed by atoms with Gasteiger partial charge in [0.2, 0.25) is 10.0 Å². The zero-order valence-corrected chi connectivity index (χ0v) is 17.8. The van der Waals surface area contributed by atoms with Crippen molar-refractivity contribution in [1.29, 1.82) is 0 Å². The van der Waals surface area contributed by atoms with Crippen molar-refractivity contribution in [2.24, 2.45) is 0 Å². The normalized spacial score (nSPS) is 13.7. The number of nitrogens with zero attached hydrogens (tertiary/aromatic N) is 1. The first-order valence-corrected chi connectivity index (χ1v) is 11.7. The van der Waals surface area contributed by atoms with E-state index in [1.54, 1.807) is 37.3 Å². The topological polar surface area (TPSA) is 75.7 Å². The van der Waals surface area contributed by atoms with Crippen LogP contribution in [0.3, 0.4) is 0 Å². The molecule has 1 amide bonds. The standard InChI is InChI=1S/C22H28N2O4S/c1-3-5-15-28-20-12-9-18(10-13-20)22(25)23-19-11-8-17-7-6-14-24(21(17)16-19)29(26,27)4-2/h8-13,16H,3-7,14-15H2,1-2H3,(H,23,25). The summed E-state index contributed by atoms with van der Waals surface area (Å²) in [5, 5.41) is 2.87. The smallest absolute Gasteiger partial charge is 0.255 e. The summed E-state index contributed by atoms with van der Waals surface area (Å²) in [4.78, 5) is 12.6. The summed E-state index contributed by atoms with van der Waals surface area (Å²) in [6.45, 7) is 4.88. The van der Waals surface area contributed by atoms with E-state index in [4.69, 9.17) is 4.74 Å². The van der Waals surface area contributed by atoms with Crippen LogP contribution in [0.25, 0.3) is 0 Å². The van der Waals surface area contributed by atoms with Gasteiger partial charge in [0.15, 0.2) is 0 Å². The van der Waals surface area contributed by atoms with Gasteiger partial charge in [-0.15, -0.1) is 0 Å². The van der Waals surface area contributed by atoms with Gasteiger partial charge in [-0.2, -0.15) is 0 Å². The highest BCUT2D eigenvalue weighted by Crippen LogP contribution is 2.32. The zero-order chi connectivity index (χ0) is 20.9. The molecule has 7 heteroatoms. The molecular weight excluding hydrogens is 388 g/mol. The first-order valence-electron chi connectivity index (χ1n) is 10.1. The Labute approximate surface area is 172 Å². The molecule has 1 aliphatic rings. The Hall–Kier alpha value is -2.54. The number of anilines is 2. The van der Waals surface area contributed by atoms with E-state index in [9.17, 15) is 13.2 Å². The summed E-state index contributed by atoms with van der Waals surface area (Å²) in [5.74, 6) is 0.547. The molecule has 0 aromatic heterocycles. The molecule has 0 unspecified atom stereocenters. The molecule has 1 aliphatic heterocycles. The maximum absolute atomic E-state index is 12.6. The average molecular weight is 417 g/mol. The third kappa shape index (κ3) is 5.09. The number of rotatable bonds is 8. The molecular formula is C22H28N2O4S. The summed E-state index contributed by atoms with van der Waals surface area (Å²) >= 11 is 0. The van der Waals surface area contributed by atoms with Crippen LogP contribution in [-0.2, 0) is 16.4 Å². The van der Waals surface area contributed by atoms with Crippen molar-refractivity contribution in [3.63, 3.8) is 0 Å². The van der Waals surface area contributed by atoms with Crippen molar-refractivity contribution >= 4 is 27.3 Å². The van der Waals surface area contributed by atoms with Crippen molar-refractivity contribution in [3.8, 4) is 5.75 Å². The van der Waals surface area contributed by atoms with Crippen LogP contribution in [0.4, 0.5) is 11.4 Å². The van der Waals surface area contributed by atoms with E-state index in [2.05, 4.69) is 12.2 Å². The van der Waals surface area contributed by atoms with Gasteiger partial charge in [0.25, 0.3) is 5.91 Å². The number of benzene rings is 2. The van der Waals surface area contributed by atoms with Crippen LogP contribution in [0.5, 0.6) is 5.75 Å². The molecule has 3 rings (SSSR count). The minimum Gasteiger partial charge on any atom is -0.494 e. The van der Waals surface area contributed by atoms with E-state index < -0.39 is 10.0 Å². The zero-order valence-electron chi connectivity index (χ0n) is 17.0. The van der Waals surface area contributed by atoms with Gasteiger partial charge in [0.1, 0.15) is 5.75 Å². The molecule has 0 atom stereocenters. The van der Waals surface area contributed by atoms with E-state index in [0.29, 0.717) is 30.1 Å². The van der Waals surface area contributed by atoms with E-state index in [0.717, 1.165) is 37.0 Å². The number of amides is 1. The van der Waals surface area contributed by atoms with Crippen molar-refractivity contribution in [2.45, 2.75) is 39.5 Å². The second-order valence-electron chi connectivity index (χ2n) is 7.10. The molecule has 0 spiro atoms. The summed E-state index contributed by atoms with van der Waals surface area (Å²) in [5.41, 5.74) is 2.74. The molecule has 156 valence electrons. The summed E-state index contributed by atoms with van der Waals surface area (Å²) < 4.78 is 31.9. The lowest BCUT2D eigenvalue weighted by molar-refractivity contribution is 0.102. The first-order chi connectivity index (χ1) is 13.9. The Bertz CT molecular complexity index is 955. The Kier molecular flexibility index (Phi) is 6.79. The van der Waals surface area contributed by atoms with E-state index in [1.165, 1.54) is 4.31 Å². The highest BCUT2D eigenvalue weighted by atomic mass is 32.2. The predicted octanol–water partition coefficient (Wildman–Crippen LogP) is 4.22. The van der Waals surface area contributed by atoms with Crippen molar-refractivity contribution < 1.29 is 17.9 Å². The van der Waals surface area contributed by atoms with Crippen LogP contribution >= 0.6 is 0 Å². The Balaban J connectivity index is 1.74. The highest BCUT2D eigenvalue weighted by molar-refractivity contribution is 7.92. The largest absolute Gasteiger partial charge is 0.494 e. The number of unbranched alkanes of at least 4 members (excludes halogenated alkanes) is 1. The number of hydrogen-bond donors (Lipinski definition) is 1. The number of sulfonamides is 1. The molecule has 1 heterocycles. The quantitative estimate of drug-likeness (QED) is 0.654. The third-order valence-electron chi connectivity index (χ3n) is 5.00. The number of hydrogen-bond acceptors (Lipinski definition) is 4. The van der Waals surface area contributed by atoms with Crippen LogP contribution in [0.2, 0.25) is 0 Å². The summed E-state index contributed by atoms with van der Waals surface area (Å²) in [6.07, 6.45) is 3.69. The molecule has 29 heavy (non-hydrogen) atoms. The summed E-state index contributed by atoms with van der Waals surface area (Å²) in [6, 6.07) is 12.5. The number of fused-ring (bicyclic) bond motifs is 1. The molecule has 6 nitrogen and oxygen atoms in total. The van der Waals surface area contributed by atoms with E-state index >= 15 is 0 Å². The Morgan fingerprint density at radius 3 is 2.59 bits per heavy atom. The Morgan fingerprint density at radius 1 is 1.14 bits per heavy atom. The van der Waals surface area contributed by atoms with Gasteiger partial charge in [-0.25, -0.2) is 8.42 Å². The summed E-state index contributed by atoms with van der Waals surface area (Å²) in [7, 11) is -3.34. The molecule has 2 aromatic rings. The third-order valence-corrected chi connectivity index (χ3v) is 6.78. The van der Waals surface area contributed by atoms with Crippen LogP contribution < -0.4 is 14.4 Å². The van der Waals surface area contributed by atoms with Crippen LogP contribution in [0.1, 0.15) is 49.0 Å². The monoisotopic (exact) mass is 416 g/mol. The van der Waals surface area contributed by atoms with Crippen molar-refractivity contribution in [1.82, 2.24) is 0 Å². The van der Waals surface area contributed by atoms with Crippen molar-refractivity contribution in [3.05, 3.63) is 53.6 Å². The fourth-order valence-corrected chi connectivity index (χ4v) is 4.49. The molecule has 0 fully saturated rings. The number of aryl methyl sites for hydroxylation is 1. The van der Waals surface area contributed by atoms with Crippen LogP contribution in [0, 0.1) is 0 Å². The molecule has 0 radical (unpaired) electrons. The average Bonchev–Trinajstić information content (AvgIpc) is 2.74. The Morgan fingerprint density at radius 2 is 1.90 bits per heavy atom. The first kappa shape index (κ1) is 21.2. The minimum atomic E-state index is -3.34. The van der Waals surface area contributed by atoms with E-state index in [1.807, 2.05) is 12.1 Å². The highest BCUT2D eigenvalue weighted by Gasteiger charge is 2.26. The molecule has 0 saturated carbocycles. The molecule has 0 aliphatic carbocycles. The van der Waals surface area contributed by atoms with Gasteiger partial charge in [0, 0.05) is 17.8 Å². The van der Waals surface area contributed by atoms with Gasteiger partial charge < -0.3 is 10.1 Å². The molecule has 1 N–H and O–H groups in total. The number of carbonyl (C=O) groups excluding carboxylic acids is 1. The maximum Gasteiger partial charge on any atom is 0.255 e. The molecule has 0 saturated heterocycles. The fraction of sp³-hybridized carbons (Fsp3) is 0.409. The van der Waals surface area contributed by atoms with Crippen molar-refractivity contribution in [2.75, 3.05) is 28.5 Å². The lowest BCUT2D eigenvalue weighted by Crippen LogP contribution is -2.36. The second-order valence-corrected chi connectivity index (χ2v) is 9.28. The van der Waals surface area contributed by atoms with Gasteiger partial charge in [-0.1, -0.05) is 19.4 Å². The predicted molar refractivity (Wildman–Crippen MR) is 116 cm³/mol. The van der Waals surface area contributed by atoms with Gasteiger partial charge in [-0.05, 0) is 68.1 Å². The SMILES string of the molecule is CCCCOc1ccc(C(=O)Nc2ccc3c(c2)N(S(=O)(=O)CC)CCC3)cc1. The van der Waals surface area contributed by atoms with Gasteiger partial charge in [0.05, 0.1) is 18.0 Å². The lowest BCUT2D eigenvalue weighted by Gasteiger charge is -2.30. The van der Waals surface area contributed by atoms with Crippen LogP contribution in [0.15, 0.2) is 42.5 Å². The van der Waals surface area contributed by atoms with E-state index in [-0.39, 0.29) is 11.7 Å². The number of carbonyl (C=O) groups is 1. The maximum atomic E-state index is 12.6. The second kappa shape index (κ2) is 9.31. The van der Waals surface area contributed by atoms with Gasteiger partial charge >= 0.3 is 0 Å². The van der Waals surface area contributed by atoms with Crippen LogP contribution in [-0.4, -0.2) is 33.2 Å².